The number of nitrogens with zero attached hydrogens (tertiary/aromatic N) is 1. The number of rotatable bonds is 1. The van der Waals surface area contributed by atoms with Crippen LogP contribution in [0.25, 0.3) is 49.7 Å². The van der Waals surface area contributed by atoms with E-state index in [-0.39, 0.29) is 5.41 Å². The van der Waals surface area contributed by atoms with Crippen LogP contribution in [0.3, 0.4) is 0 Å². The summed E-state index contributed by atoms with van der Waals surface area (Å²) in [6, 6.07) is 32.9. The minimum atomic E-state index is -0.0516. The Balaban J connectivity index is 1.79. The first-order chi connectivity index (χ1) is 15.2. The largest absolute Gasteiger partial charge is 0.354 e. The van der Waals surface area contributed by atoms with E-state index in [0.717, 1.165) is 0 Å². The summed E-state index contributed by atoms with van der Waals surface area (Å²) in [5, 5.41) is 3.93. The second kappa shape index (κ2) is 5.67. The quantitative estimate of drug-likeness (QED) is 0.295. The van der Waals surface area contributed by atoms with Crippen LogP contribution in [-0.4, -0.2) is 9.55 Å². The maximum Gasteiger partial charge on any atom is 0.0638 e. The van der Waals surface area contributed by atoms with Gasteiger partial charge in [-0.05, 0) is 35.4 Å². The van der Waals surface area contributed by atoms with Gasteiger partial charge < -0.3 is 9.55 Å². The van der Waals surface area contributed by atoms with Crippen molar-refractivity contribution < 1.29 is 0 Å². The lowest BCUT2D eigenvalue weighted by Crippen LogP contribution is -2.14. The van der Waals surface area contributed by atoms with Crippen LogP contribution in [0.2, 0.25) is 0 Å². The van der Waals surface area contributed by atoms with E-state index in [1.807, 2.05) is 0 Å². The van der Waals surface area contributed by atoms with E-state index in [2.05, 4.69) is 114 Å². The Morgan fingerprint density at radius 2 is 1.42 bits per heavy atom. The van der Waals surface area contributed by atoms with Crippen molar-refractivity contribution in [3.05, 3.63) is 102 Å². The Kier molecular flexibility index (Phi) is 3.10. The van der Waals surface area contributed by atoms with Gasteiger partial charge in [-0.3, -0.25) is 0 Å². The first kappa shape index (κ1) is 17.0. The average molecular weight is 399 g/mol. The Hall–Kier alpha value is -3.78. The molecule has 0 atom stereocenters. The van der Waals surface area contributed by atoms with Gasteiger partial charge in [0.25, 0.3) is 0 Å². The molecule has 2 heterocycles. The number of fused-ring (bicyclic) bond motifs is 9. The molecule has 2 nitrogen and oxygen atoms in total. The van der Waals surface area contributed by atoms with E-state index in [1.54, 1.807) is 0 Å². The van der Waals surface area contributed by atoms with Crippen molar-refractivity contribution in [2.45, 2.75) is 19.3 Å². The van der Waals surface area contributed by atoms with Gasteiger partial charge in [0.1, 0.15) is 0 Å². The van der Waals surface area contributed by atoms with Gasteiger partial charge in [-0.15, -0.1) is 0 Å². The first-order valence-corrected chi connectivity index (χ1v) is 10.9. The van der Waals surface area contributed by atoms with Gasteiger partial charge in [-0.25, -0.2) is 0 Å². The Morgan fingerprint density at radius 3 is 2.29 bits per heavy atom. The lowest BCUT2D eigenvalue weighted by atomic mass is 9.81. The third-order valence-electron chi connectivity index (χ3n) is 7.09. The molecule has 31 heavy (non-hydrogen) atoms. The number of nitrogens with one attached hydrogen (secondary N) is 1. The van der Waals surface area contributed by atoms with Crippen molar-refractivity contribution >= 4 is 32.7 Å². The molecular formula is C29H22N2. The summed E-state index contributed by atoms with van der Waals surface area (Å²) in [5.41, 5.74) is 10.3. The fourth-order valence-electron chi connectivity index (χ4n) is 5.80. The van der Waals surface area contributed by atoms with Gasteiger partial charge >= 0.3 is 0 Å². The van der Waals surface area contributed by atoms with Crippen molar-refractivity contribution in [1.82, 2.24) is 9.55 Å². The number of para-hydroxylation sites is 2. The SMILES string of the molecule is CC1(C)c2ccccc2-c2c1c1ccc3[nH]c4ccccc4c3c1n2-c1ccccc1. The number of benzene rings is 4. The van der Waals surface area contributed by atoms with Crippen LogP contribution in [-0.2, 0) is 5.41 Å². The van der Waals surface area contributed by atoms with Crippen molar-refractivity contribution in [3.8, 4) is 16.9 Å². The van der Waals surface area contributed by atoms with Crippen molar-refractivity contribution in [1.29, 1.82) is 0 Å². The summed E-state index contributed by atoms with van der Waals surface area (Å²) < 4.78 is 2.50. The standard InChI is InChI=1S/C29H22N2/c1-29(2)22-14-8-6-12-19(22)28-26(29)21-16-17-24-25(20-13-7-9-15-23(20)30-24)27(21)31(28)18-10-4-3-5-11-18/h3-17,30H,1-2H3. The van der Waals surface area contributed by atoms with Gasteiger partial charge in [0, 0.05) is 43.9 Å². The predicted octanol–water partition coefficient (Wildman–Crippen LogP) is 7.57. The van der Waals surface area contributed by atoms with Crippen molar-refractivity contribution in [2.24, 2.45) is 0 Å². The van der Waals surface area contributed by atoms with E-state index in [4.69, 9.17) is 0 Å². The van der Waals surface area contributed by atoms with E-state index in [0.29, 0.717) is 0 Å². The Bertz CT molecular complexity index is 1650. The average Bonchev–Trinajstić information content (AvgIpc) is 3.42. The first-order valence-electron chi connectivity index (χ1n) is 10.9. The molecule has 1 aliphatic carbocycles. The van der Waals surface area contributed by atoms with E-state index >= 15 is 0 Å². The summed E-state index contributed by atoms with van der Waals surface area (Å²) in [6.45, 7) is 4.73. The molecule has 0 aliphatic heterocycles. The molecular weight excluding hydrogens is 376 g/mol. The van der Waals surface area contributed by atoms with Crippen LogP contribution in [0.4, 0.5) is 0 Å². The monoisotopic (exact) mass is 398 g/mol. The molecule has 4 aromatic carbocycles. The lowest BCUT2D eigenvalue weighted by molar-refractivity contribution is 0.666. The molecule has 148 valence electrons. The number of hydrogen-bond donors (Lipinski definition) is 1. The van der Waals surface area contributed by atoms with Crippen LogP contribution < -0.4 is 0 Å². The second-order valence-corrected chi connectivity index (χ2v) is 9.12. The molecule has 1 N–H and O–H groups in total. The van der Waals surface area contributed by atoms with Crippen LogP contribution in [0, 0.1) is 0 Å². The smallest absolute Gasteiger partial charge is 0.0638 e. The fourth-order valence-corrected chi connectivity index (χ4v) is 5.80. The minimum Gasteiger partial charge on any atom is -0.354 e. The maximum absolute atomic E-state index is 3.64. The number of hydrogen-bond acceptors (Lipinski definition) is 0. The molecule has 0 spiro atoms. The Labute approximate surface area is 180 Å². The summed E-state index contributed by atoms with van der Waals surface area (Å²) in [4.78, 5) is 3.64. The third kappa shape index (κ3) is 2.02. The minimum absolute atomic E-state index is 0.0516. The van der Waals surface area contributed by atoms with Gasteiger partial charge in [0.2, 0.25) is 0 Å². The van der Waals surface area contributed by atoms with Gasteiger partial charge in [-0.2, -0.15) is 0 Å². The highest BCUT2D eigenvalue weighted by Crippen LogP contribution is 2.54. The summed E-state index contributed by atoms with van der Waals surface area (Å²) in [5.74, 6) is 0. The molecule has 0 unspecified atom stereocenters. The number of aromatic amines is 1. The van der Waals surface area contributed by atoms with E-state index in [9.17, 15) is 0 Å². The molecule has 0 radical (unpaired) electrons. The third-order valence-corrected chi connectivity index (χ3v) is 7.09. The van der Waals surface area contributed by atoms with Crippen molar-refractivity contribution in [2.75, 3.05) is 0 Å². The van der Waals surface area contributed by atoms with Gasteiger partial charge in [-0.1, -0.05) is 80.6 Å². The lowest BCUT2D eigenvalue weighted by Gasteiger charge is -2.21. The molecule has 0 fully saturated rings. The zero-order valence-electron chi connectivity index (χ0n) is 17.6. The molecule has 0 saturated carbocycles. The fraction of sp³-hybridized carbons (Fsp3) is 0.103. The van der Waals surface area contributed by atoms with E-state index < -0.39 is 0 Å². The highest BCUT2D eigenvalue weighted by molar-refractivity contribution is 6.21. The molecule has 2 aromatic heterocycles. The molecule has 0 amide bonds. The topological polar surface area (TPSA) is 20.7 Å². The highest BCUT2D eigenvalue weighted by atomic mass is 15.0. The molecule has 2 heteroatoms. The van der Waals surface area contributed by atoms with Crippen LogP contribution in [0.15, 0.2) is 91.0 Å². The molecule has 0 saturated heterocycles. The van der Waals surface area contributed by atoms with E-state index in [1.165, 1.54) is 60.8 Å². The van der Waals surface area contributed by atoms with Crippen LogP contribution >= 0.6 is 0 Å². The second-order valence-electron chi connectivity index (χ2n) is 9.12. The number of H-pyrrole nitrogens is 1. The number of aromatic nitrogens is 2. The van der Waals surface area contributed by atoms with Gasteiger partial charge in [0.05, 0.1) is 11.2 Å². The maximum atomic E-state index is 3.64. The summed E-state index contributed by atoms with van der Waals surface area (Å²) in [6.07, 6.45) is 0. The van der Waals surface area contributed by atoms with Crippen molar-refractivity contribution in [3.63, 3.8) is 0 Å². The van der Waals surface area contributed by atoms with Gasteiger partial charge in [0.15, 0.2) is 0 Å². The van der Waals surface area contributed by atoms with Crippen LogP contribution in [0.5, 0.6) is 0 Å². The van der Waals surface area contributed by atoms with Crippen LogP contribution in [0.1, 0.15) is 25.0 Å². The summed E-state index contributed by atoms with van der Waals surface area (Å²) in [7, 11) is 0. The summed E-state index contributed by atoms with van der Waals surface area (Å²) >= 11 is 0. The molecule has 7 rings (SSSR count). The highest BCUT2D eigenvalue weighted by Gasteiger charge is 2.40. The Morgan fingerprint density at radius 1 is 0.677 bits per heavy atom. The predicted molar refractivity (Wildman–Crippen MR) is 130 cm³/mol. The zero-order valence-corrected chi connectivity index (χ0v) is 17.6. The molecule has 0 bridgehead atoms. The zero-order chi connectivity index (χ0) is 20.7. The molecule has 6 aromatic rings. The normalized spacial score (nSPS) is 14.4. The molecule has 1 aliphatic rings.